The van der Waals surface area contributed by atoms with Crippen LogP contribution in [-0.4, -0.2) is 48.4 Å². The highest BCUT2D eigenvalue weighted by molar-refractivity contribution is 5.94. The van der Waals surface area contributed by atoms with Gasteiger partial charge in [0.05, 0.1) is 12.8 Å². The van der Waals surface area contributed by atoms with Crippen LogP contribution in [-0.2, 0) is 9.59 Å². The molecule has 3 heterocycles. The number of hydrogen-bond donors (Lipinski definition) is 1. The third-order valence-corrected chi connectivity index (χ3v) is 5.44. The number of nitrogens with zero attached hydrogens (tertiary/aromatic N) is 4. The topological polar surface area (TPSA) is 116 Å². The number of nitrogens with one attached hydrogen (secondary N) is 1. The van der Waals surface area contributed by atoms with E-state index >= 15 is 0 Å². The van der Waals surface area contributed by atoms with Crippen molar-refractivity contribution in [3.8, 4) is 17.7 Å². The van der Waals surface area contributed by atoms with Crippen molar-refractivity contribution in [3.05, 3.63) is 54.2 Å². The number of amides is 2. The lowest BCUT2D eigenvalue weighted by molar-refractivity contribution is -0.137. The van der Waals surface area contributed by atoms with E-state index < -0.39 is 11.7 Å². The third-order valence-electron chi connectivity index (χ3n) is 5.44. The Morgan fingerprint density at radius 2 is 2.09 bits per heavy atom. The van der Waals surface area contributed by atoms with E-state index in [9.17, 15) is 19.2 Å². The van der Waals surface area contributed by atoms with Gasteiger partial charge < -0.3 is 24.0 Å². The van der Waals surface area contributed by atoms with Gasteiger partial charge in [-0.2, -0.15) is 10.2 Å². The van der Waals surface area contributed by atoms with Crippen LogP contribution >= 0.6 is 0 Å². The van der Waals surface area contributed by atoms with Crippen LogP contribution in [0.1, 0.15) is 18.5 Å². The van der Waals surface area contributed by atoms with Crippen molar-refractivity contribution in [1.82, 2.24) is 9.88 Å². The molecule has 170 valence electrons. The van der Waals surface area contributed by atoms with E-state index in [-0.39, 0.29) is 30.0 Å². The van der Waals surface area contributed by atoms with Crippen LogP contribution in [0.25, 0.3) is 11.7 Å². The molecule has 33 heavy (non-hydrogen) atoms. The number of anilines is 2. The molecule has 10 heteroatoms. The molecule has 4 rings (SSSR count). The number of halogens is 1. The van der Waals surface area contributed by atoms with Gasteiger partial charge in [-0.1, -0.05) is 6.07 Å². The molecule has 9 nitrogen and oxygen atoms in total. The minimum atomic E-state index is -0.452. The molecule has 1 N–H and O–H groups in total. The summed E-state index contributed by atoms with van der Waals surface area (Å²) in [6, 6.07) is 11.0. The lowest BCUT2D eigenvalue weighted by atomic mass is 9.95. The van der Waals surface area contributed by atoms with E-state index in [4.69, 9.17) is 8.83 Å². The maximum atomic E-state index is 13.3. The molecular weight excluding hydrogens is 429 g/mol. The number of furan rings is 1. The van der Waals surface area contributed by atoms with E-state index in [1.165, 1.54) is 29.4 Å². The quantitative estimate of drug-likeness (QED) is 0.612. The van der Waals surface area contributed by atoms with Gasteiger partial charge in [-0.05, 0) is 43.2 Å². The SMILES string of the molecule is CN(CC(=O)Nc1cccc(F)c1)C(=O)C1CCN(c2oc(-c3ccco3)nc2C#N)CC1. The first-order valence-electron chi connectivity index (χ1n) is 10.4. The summed E-state index contributed by atoms with van der Waals surface area (Å²) in [5, 5.41) is 12.0. The van der Waals surface area contributed by atoms with Crippen LogP contribution < -0.4 is 10.2 Å². The molecule has 0 aliphatic carbocycles. The predicted octanol–water partition coefficient (Wildman–Crippen LogP) is 3.26. The minimum Gasteiger partial charge on any atom is -0.459 e. The highest BCUT2D eigenvalue weighted by Crippen LogP contribution is 2.31. The third kappa shape index (κ3) is 5.03. The van der Waals surface area contributed by atoms with Gasteiger partial charge in [0.2, 0.25) is 23.4 Å². The van der Waals surface area contributed by atoms with Crippen molar-refractivity contribution < 1.29 is 22.8 Å². The zero-order valence-corrected chi connectivity index (χ0v) is 18.0. The molecule has 2 amide bonds. The molecule has 0 bridgehead atoms. The van der Waals surface area contributed by atoms with Crippen molar-refractivity contribution >= 4 is 23.4 Å². The highest BCUT2D eigenvalue weighted by atomic mass is 19.1. The van der Waals surface area contributed by atoms with Gasteiger partial charge in [0.1, 0.15) is 11.9 Å². The average Bonchev–Trinajstić information content (AvgIpc) is 3.48. The number of benzene rings is 1. The Morgan fingerprint density at radius 3 is 2.76 bits per heavy atom. The molecule has 1 fully saturated rings. The van der Waals surface area contributed by atoms with Gasteiger partial charge >= 0.3 is 0 Å². The van der Waals surface area contributed by atoms with Crippen molar-refractivity contribution in [2.75, 3.05) is 36.9 Å². The fraction of sp³-hybridized carbons (Fsp3) is 0.304. The highest BCUT2D eigenvalue weighted by Gasteiger charge is 2.31. The van der Waals surface area contributed by atoms with Gasteiger partial charge in [0, 0.05) is 31.7 Å². The zero-order valence-electron chi connectivity index (χ0n) is 18.0. The van der Waals surface area contributed by atoms with Crippen LogP contribution in [0.15, 0.2) is 51.5 Å². The maximum Gasteiger partial charge on any atom is 0.266 e. The molecule has 1 aromatic carbocycles. The van der Waals surface area contributed by atoms with Crippen molar-refractivity contribution in [3.63, 3.8) is 0 Å². The van der Waals surface area contributed by atoms with E-state index in [2.05, 4.69) is 10.3 Å². The Kier molecular flexibility index (Phi) is 6.40. The Balaban J connectivity index is 1.32. The lowest BCUT2D eigenvalue weighted by Gasteiger charge is -2.32. The summed E-state index contributed by atoms with van der Waals surface area (Å²) in [5.41, 5.74) is 0.501. The standard InChI is InChI=1S/C23H22FN5O4/c1-28(14-20(30)26-17-5-2-4-16(24)12-17)22(31)15-7-9-29(10-8-15)23-18(13-25)27-21(33-23)19-6-3-11-32-19/h2-6,11-12,15H,7-10,14H2,1H3,(H,26,30). The number of rotatable bonds is 6. The number of piperidine rings is 1. The Bertz CT molecular complexity index is 1180. The molecule has 2 aromatic heterocycles. The first-order valence-corrected chi connectivity index (χ1v) is 10.4. The smallest absolute Gasteiger partial charge is 0.266 e. The average molecular weight is 451 g/mol. The van der Waals surface area contributed by atoms with Crippen LogP contribution in [0.2, 0.25) is 0 Å². The van der Waals surface area contributed by atoms with Gasteiger partial charge in [0.15, 0.2) is 5.76 Å². The first kappa shape index (κ1) is 22.1. The zero-order chi connectivity index (χ0) is 23.4. The van der Waals surface area contributed by atoms with Gasteiger partial charge in [-0.15, -0.1) is 0 Å². The second-order valence-electron chi connectivity index (χ2n) is 7.78. The Labute approximate surface area is 189 Å². The molecule has 0 atom stereocenters. The summed E-state index contributed by atoms with van der Waals surface area (Å²) in [7, 11) is 1.57. The summed E-state index contributed by atoms with van der Waals surface area (Å²) in [6.45, 7) is 0.866. The summed E-state index contributed by atoms with van der Waals surface area (Å²) in [5.74, 6) is -0.233. The van der Waals surface area contributed by atoms with Gasteiger partial charge in [0.25, 0.3) is 5.89 Å². The molecular formula is C23H22FN5O4. The largest absolute Gasteiger partial charge is 0.459 e. The number of hydrogen-bond acceptors (Lipinski definition) is 7. The number of carbonyl (C=O) groups excluding carboxylic acids is 2. The summed E-state index contributed by atoms with van der Waals surface area (Å²) in [4.78, 5) is 32.5. The predicted molar refractivity (Wildman–Crippen MR) is 117 cm³/mol. The molecule has 0 unspecified atom stereocenters. The van der Waals surface area contributed by atoms with Crippen LogP contribution in [0, 0.1) is 23.1 Å². The number of likely N-dealkylation sites (N-methyl/N-ethyl adjacent to an activating group) is 1. The summed E-state index contributed by atoms with van der Waals surface area (Å²) in [6.07, 6.45) is 2.57. The van der Waals surface area contributed by atoms with Crippen molar-refractivity contribution in [1.29, 1.82) is 5.26 Å². The second kappa shape index (κ2) is 9.56. The molecule has 0 spiro atoms. The van der Waals surface area contributed by atoms with Crippen LogP contribution in [0.3, 0.4) is 0 Å². The van der Waals surface area contributed by atoms with E-state index in [0.29, 0.717) is 43.3 Å². The van der Waals surface area contributed by atoms with Crippen molar-refractivity contribution in [2.45, 2.75) is 12.8 Å². The summed E-state index contributed by atoms with van der Waals surface area (Å²) >= 11 is 0. The molecule has 1 aliphatic rings. The fourth-order valence-electron chi connectivity index (χ4n) is 3.81. The molecule has 1 saturated heterocycles. The first-order chi connectivity index (χ1) is 15.9. The van der Waals surface area contributed by atoms with E-state index in [1.54, 1.807) is 25.2 Å². The second-order valence-corrected chi connectivity index (χ2v) is 7.78. The molecule has 0 radical (unpaired) electrons. The summed E-state index contributed by atoms with van der Waals surface area (Å²) < 4.78 is 24.3. The van der Waals surface area contributed by atoms with Crippen LogP contribution in [0.4, 0.5) is 16.0 Å². The van der Waals surface area contributed by atoms with Gasteiger partial charge in [-0.3, -0.25) is 9.59 Å². The number of nitriles is 1. The van der Waals surface area contributed by atoms with E-state index in [0.717, 1.165) is 0 Å². The van der Waals surface area contributed by atoms with Gasteiger partial charge in [-0.25, -0.2) is 4.39 Å². The normalized spacial score (nSPS) is 14.0. The maximum absolute atomic E-state index is 13.3. The monoisotopic (exact) mass is 451 g/mol. The van der Waals surface area contributed by atoms with Crippen LogP contribution in [0.5, 0.6) is 0 Å². The number of aromatic nitrogens is 1. The number of carbonyl (C=O) groups is 2. The Hall–Kier alpha value is -4.13. The Morgan fingerprint density at radius 1 is 1.30 bits per heavy atom. The van der Waals surface area contributed by atoms with Crippen molar-refractivity contribution in [2.24, 2.45) is 5.92 Å². The lowest BCUT2D eigenvalue weighted by Crippen LogP contribution is -2.43. The minimum absolute atomic E-state index is 0.136. The molecule has 0 saturated carbocycles. The number of oxazole rings is 1. The van der Waals surface area contributed by atoms with E-state index in [1.807, 2.05) is 11.0 Å². The fourth-order valence-corrected chi connectivity index (χ4v) is 3.81. The molecule has 1 aliphatic heterocycles. The molecule has 3 aromatic rings.